The van der Waals surface area contributed by atoms with Crippen molar-refractivity contribution in [1.29, 1.82) is 0 Å². The second kappa shape index (κ2) is 8.23. The molecule has 3 rings (SSSR count). The minimum atomic E-state index is -3.85. The monoisotopic (exact) mass is 410 g/mol. The Balaban J connectivity index is 1.77. The fourth-order valence-electron chi connectivity index (χ4n) is 4.32. The molecule has 0 aromatic carbocycles. The zero-order valence-corrected chi connectivity index (χ0v) is 17.5. The van der Waals surface area contributed by atoms with Crippen LogP contribution in [0, 0.1) is 19.8 Å². The summed E-state index contributed by atoms with van der Waals surface area (Å²) in [4.78, 5) is 29.8. The van der Waals surface area contributed by atoms with E-state index in [1.54, 1.807) is 0 Å². The van der Waals surface area contributed by atoms with Crippen molar-refractivity contribution in [2.75, 3.05) is 18.8 Å². The number of nitrogens with zero attached hydrogens (tertiary/aromatic N) is 3. The third-order valence-electron chi connectivity index (χ3n) is 6.14. The van der Waals surface area contributed by atoms with Crippen LogP contribution in [0.1, 0.15) is 62.4 Å². The van der Waals surface area contributed by atoms with E-state index in [4.69, 9.17) is 5.73 Å². The van der Waals surface area contributed by atoms with E-state index in [1.807, 2.05) is 18.4 Å². The van der Waals surface area contributed by atoms with Crippen molar-refractivity contribution in [2.45, 2.75) is 70.0 Å². The lowest BCUT2D eigenvalue weighted by molar-refractivity contribution is -0.132. The zero-order valence-electron chi connectivity index (χ0n) is 16.7. The normalized spacial score (nSPS) is 19.7. The summed E-state index contributed by atoms with van der Waals surface area (Å²) in [5.74, 6) is -1.62. The second-order valence-corrected chi connectivity index (χ2v) is 9.93. The molecular formula is C19H30N4O4S. The lowest BCUT2D eigenvalue weighted by atomic mass is 9.95. The number of primary amides is 1. The van der Waals surface area contributed by atoms with Crippen molar-refractivity contribution >= 4 is 21.7 Å². The van der Waals surface area contributed by atoms with Crippen LogP contribution in [0.4, 0.5) is 0 Å². The molecule has 0 radical (unpaired) electrons. The van der Waals surface area contributed by atoms with Gasteiger partial charge in [0.25, 0.3) is 0 Å². The Morgan fingerprint density at radius 2 is 1.68 bits per heavy atom. The van der Waals surface area contributed by atoms with Crippen LogP contribution in [0.25, 0.3) is 0 Å². The van der Waals surface area contributed by atoms with Crippen molar-refractivity contribution in [3.05, 3.63) is 11.4 Å². The maximum Gasteiger partial charge on any atom is 0.238 e. The molecule has 2 amide bonds. The highest BCUT2D eigenvalue weighted by Crippen LogP contribution is 2.33. The number of sulfone groups is 1. The average molecular weight is 411 g/mol. The fourth-order valence-corrected chi connectivity index (χ4v) is 5.81. The first-order valence-electron chi connectivity index (χ1n) is 10.1. The predicted molar refractivity (Wildman–Crippen MR) is 104 cm³/mol. The maximum atomic E-state index is 13.1. The molecule has 0 bridgehead atoms. The van der Waals surface area contributed by atoms with Crippen LogP contribution in [0.15, 0.2) is 5.16 Å². The van der Waals surface area contributed by atoms with Gasteiger partial charge in [0.2, 0.25) is 26.8 Å². The van der Waals surface area contributed by atoms with Gasteiger partial charge >= 0.3 is 0 Å². The zero-order chi connectivity index (χ0) is 20.5. The summed E-state index contributed by atoms with van der Waals surface area (Å²) in [6, 6.07) is 0.126. The molecule has 0 unspecified atom stereocenters. The van der Waals surface area contributed by atoms with Crippen molar-refractivity contribution < 1.29 is 18.0 Å². The van der Waals surface area contributed by atoms with Crippen LogP contribution in [0.2, 0.25) is 0 Å². The minimum Gasteiger partial charge on any atom is -0.369 e. The van der Waals surface area contributed by atoms with Gasteiger partial charge < -0.3 is 15.2 Å². The van der Waals surface area contributed by atoms with Crippen molar-refractivity contribution in [2.24, 2.45) is 11.7 Å². The van der Waals surface area contributed by atoms with Gasteiger partial charge in [-0.15, -0.1) is 0 Å². The molecule has 1 aliphatic heterocycles. The molecule has 2 aliphatic rings. The SMILES string of the molecule is Cc1nc(S(=O)(=O)CC(=O)N2CCC(C(N)=O)CC2)n(C2CCCCC2)c1C. The van der Waals surface area contributed by atoms with E-state index >= 15 is 0 Å². The lowest BCUT2D eigenvalue weighted by Gasteiger charge is -2.30. The number of likely N-dealkylation sites (tertiary alicyclic amines) is 1. The molecule has 28 heavy (non-hydrogen) atoms. The first kappa shape index (κ1) is 20.8. The van der Waals surface area contributed by atoms with Crippen molar-refractivity contribution in [3.8, 4) is 0 Å². The van der Waals surface area contributed by atoms with Crippen LogP contribution < -0.4 is 5.73 Å². The Kier molecular flexibility index (Phi) is 6.12. The molecule has 0 spiro atoms. The number of piperidine rings is 1. The smallest absolute Gasteiger partial charge is 0.238 e. The Morgan fingerprint density at radius 3 is 2.25 bits per heavy atom. The van der Waals surface area contributed by atoms with Gasteiger partial charge in [-0.2, -0.15) is 0 Å². The third-order valence-corrected chi connectivity index (χ3v) is 7.61. The summed E-state index contributed by atoms with van der Waals surface area (Å²) < 4.78 is 28.0. The van der Waals surface area contributed by atoms with E-state index in [-0.39, 0.29) is 23.0 Å². The lowest BCUT2D eigenvalue weighted by Crippen LogP contribution is -2.44. The van der Waals surface area contributed by atoms with Crippen LogP contribution in [0.5, 0.6) is 0 Å². The van der Waals surface area contributed by atoms with E-state index < -0.39 is 21.5 Å². The number of amides is 2. The molecule has 2 heterocycles. The quantitative estimate of drug-likeness (QED) is 0.790. The number of hydrogen-bond donors (Lipinski definition) is 1. The van der Waals surface area contributed by atoms with E-state index in [2.05, 4.69) is 4.98 Å². The molecule has 9 heteroatoms. The summed E-state index contributed by atoms with van der Waals surface area (Å²) in [5.41, 5.74) is 6.88. The number of hydrogen-bond acceptors (Lipinski definition) is 5. The van der Waals surface area contributed by atoms with Gasteiger partial charge in [0.15, 0.2) is 0 Å². The standard InChI is InChI=1S/C19H30N4O4S/c1-13-14(2)23(16-6-4-3-5-7-16)19(21-13)28(26,27)12-17(24)22-10-8-15(9-11-22)18(20)25/h15-16H,3-12H2,1-2H3,(H2,20,25). The minimum absolute atomic E-state index is 0.0229. The highest BCUT2D eigenvalue weighted by atomic mass is 32.2. The number of aromatic nitrogens is 2. The largest absolute Gasteiger partial charge is 0.369 e. The molecule has 1 saturated heterocycles. The first-order chi connectivity index (χ1) is 13.2. The van der Waals surface area contributed by atoms with Crippen molar-refractivity contribution in [3.63, 3.8) is 0 Å². The van der Waals surface area contributed by atoms with Crippen LogP contribution >= 0.6 is 0 Å². The summed E-state index contributed by atoms with van der Waals surface area (Å²) in [7, 11) is -3.85. The summed E-state index contributed by atoms with van der Waals surface area (Å²) in [5, 5.41) is 0.0229. The first-order valence-corrected chi connectivity index (χ1v) is 11.7. The van der Waals surface area contributed by atoms with Gasteiger partial charge in [-0.1, -0.05) is 19.3 Å². The van der Waals surface area contributed by atoms with Gasteiger partial charge in [0.05, 0.1) is 5.69 Å². The third kappa shape index (κ3) is 4.24. The topological polar surface area (TPSA) is 115 Å². The van der Waals surface area contributed by atoms with E-state index in [1.165, 1.54) is 11.3 Å². The predicted octanol–water partition coefficient (Wildman–Crippen LogP) is 1.50. The Labute approximate surface area is 166 Å². The summed E-state index contributed by atoms with van der Waals surface area (Å²) in [6.45, 7) is 4.42. The Morgan fingerprint density at radius 1 is 1.07 bits per heavy atom. The van der Waals surface area contributed by atoms with Crippen LogP contribution in [0.3, 0.4) is 0 Å². The van der Waals surface area contributed by atoms with Crippen LogP contribution in [-0.4, -0.2) is 53.5 Å². The van der Waals surface area contributed by atoms with Crippen molar-refractivity contribution in [1.82, 2.24) is 14.5 Å². The van der Waals surface area contributed by atoms with Crippen LogP contribution in [-0.2, 0) is 19.4 Å². The molecule has 2 fully saturated rings. The van der Waals surface area contributed by atoms with Gasteiger partial charge in [0, 0.05) is 30.7 Å². The summed E-state index contributed by atoms with van der Waals surface area (Å²) >= 11 is 0. The van der Waals surface area contributed by atoms with Gasteiger partial charge in [-0.3, -0.25) is 9.59 Å². The number of carbonyl (C=O) groups is 2. The molecule has 156 valence electrons. The number of aryl methyl sites for hydroxylation is 1. The molecule has 0 atom stereocenters. The number of imidazole rings is 1. The maximum absolute atomic E-state index is 13.1. The van der Waals surface area contributed by atoms with Gasteiger partial charge in [0.1, 0.15) is 5.75 Å². The molecule has 8 nitrogen and oxygen atoms in total. The number of nitrogens with two attached hydrogens (primary N) is 1. The number of rotatable bonds is 5. The second-order valence-electron chi connectivity index (χ2n) is 8.04. The molecule has 1 aromatic rings. The Hall–Kier alpha value is -1.90. The van der Waals surface area contributed by atoms with Gasteiger partial charge in [-0.25, -0.2) is 13.4 Å². The highest BCUT2D eigenvalue weighted by molar-refractivity contribution is 7.92. The number of carbonyl (C=O) groups excluding carboxylic acids is 2. The molecular weight excluding hydrogens is 380 g/mol. The molecule has 2 N–H and O–H groups in total. The Bertz CT molecular complexity index is 848. The van der Waals surface area contributed by atoms with E-state index in [0.29, 0.717) is 31.6 Å². The van der Waals surface area contributed by atoms with E-state index in [0.717, 1.165) is 31.4 Å². The molecule has 1 aromatic heterocycles. The summed E-state index contributed by atoms with van der Waals surface area (Å²) in [6.07, 6.45) is 6.17. The molecule has 1 aliphatic carbocycles. The molecule has 1 saturated carbocycles. The van der Waals surface area contributed by atoms with Gasteiger partial charge in [-0.05, 0) is 39.5 Å². The van der Waals surface area contributed by atoms with E-state index in [9.17, 15) is 18.0 Å². The average Bonchev–Trinajstić information content (AvgIpc) is 2.98. The fraction of sp³-hybridized carbons (Fsp3) is 0.737. The highest BCUT2D eigenvalue weighted by Gasteiger charge is 2.33.